The Labute approximate surface area is 90.7 Å². The molecule has 15 heavy (non-hydrogen) atoms. The summed E-state index contributed by atoms with van der Waals surface area (Å²) in [7, 11) is 0. The molecular weight excluding hydrogens is 214 g/mol. The van der Waals surface area contributed by atoms with Crippen LogP contribution in [0.3, 0.4) is 0 Å². The normalized spacial score (nSPS) is 12.9. The van der Waals surface area contributed by atoms with Crippen molar-refractivity contribution in [3.05, 3.63) is 12.0 Å². The molecule has 0 fully saturated rings. The van der Waals surface area contributed by atoms with Crippen LogP contribution in [0.4, 0.5) is 0 Å². The highest BCUT2D eigenvalue weighted by Crippen LogP contribution is 2.19. The fourth-order valence-electron chi connectivity index (χ4n) is 1.08. The number of nitrogens with two attached hydrogens (primary N) is 1. The van der Waals surface area contributed by atoms with Gasteiger partial charge in [0.25, 0.3) is 5.89 Å². The molecule has 0 aromatic carbocycles. The molecule has 0 saturated carbocycles. The molecule has 2 N–H and O–H groups in total. The molecule has 0 spiro atoms. The van der Waals surface area contributed by atoms with Gasteiger partial charge in [0.2, 0.25) is 0 Å². The number of rotatable bonds is 4. The van der Waals surface area contributed by atoms with Gasteiger partial charge in [-0.1, -0.05) is 16.6 Å². The first-order valence-electron chi connectivity index (χ1n) is 4.65. The first kappa shape index (κ1) is 10.2. The molecule has 0 amide bonds. The molecule has 0 radical (unpaired) electrons. The maximum Gasteiger partial charge on any atom is 0.271 e. The maximum absolute atomic E-state index is 5.79. The van der Waals surface area contributed by atoms with Crippen LogP contribution in [0.1, 0.15) is 19.2 Å². The van der Waals surface area contributed by atoms with E-state index >= 15 is 0 Å². The fraction of sp³-hybridized carbons (Fsp3) is 0.500. The second kappa shape index (κ2) is 4.45. The molecule has 2 aromatic heterocycles. The van der Waals surface area contributed by atoms with Gasteiger partial charge in [0.05, 0.1) is 6.20 Å². The highest BCUT2D eigenvalue weighted by atomic mass is 32.1. The van der Waals surface area contributed by atoms with E-state index in [1.165, 1.54) is 11.5 Å². The highest BCUT2D eigenvalue weighted by molar-refractivity contribution is 7.09. The summed E-state index contributed by atoms with van der Waals surface area (Å²) < 4.78 is 8.79. The summed E-state index contributed by atoms with van der Waals surface area (Å²) >= 11 is 1.23. The van der Waals surface area contributed by atoms with Crippen LogP contribution >= 0.6 is 11.5 Å². The van der Waals surface area contributed by atoms with Gasteiger partial charge >= 0.3 is 0 Å². The average Bonchev–Trinajstić information content (AvgIpc) is 2.85. The van der Waals surface area contributed by atoms with Gasteiger partial charge in [-0.2, -0.15) is 4.98 Å². The van der Waals surface area contributed by atoms with E-state index in [9.17, 15) is 0 Å². The van der Waals surface area contributed by atoms with E-state index in [0.717, 1.165) is 11.3 Å². The van der Waals surface area contributed by atoms with Crippen molar-refractivity contribution in [2.45, 2.75) is 25.8 Å². The third-order valence-corrected chi connectivity index (χ3v) is 2.66. The lowest BCUT2D eigenvalue weighted by Crippen LogP contribution is -2.21. The predicted molar refractivity (Wildman–Crippen MR) is 55.2 cm³/mol. The smallest absolute Gasteiger partial charge is 0.271 e. The minimum absolute atomic E-state index is 0.0787. The van der Waals surface area contributed by atoms with Crippen LogP contribution in [-0.2, 0) is 6.42 Å². The minimum Gasteiger partial charge on any atom is -0.333 e. The molecule has 0 aliphatic carbocycles. The van der Waals surface area contributed by atoms with Crippen LogP contribution < -0.4 is 5.73 Å². The monoisotopic (exact) mass is 225 g/mol. The molecule has 0 saturated heterocycles. The van der Waals surface area contributed by atoms with Crippen molar-refractivity contribution in [2.75, 3.05) is 0 Å². The Kier molecular flexibility index (Phi) is 3.02. The molecule has 7 heteroatoms. The molecule has 6 nitrogen and oxygen atoms in total. The van der Waals surface area contributed by atoms with E-state index in [4.69, 9.17) is 10.3 Å². The van der Waals surface area contributed by atoms with Crippen LogP contribution in [0.15, 0.2) is 10.7 Å². The zero-order chi connectivity index (χ0) is 10.7. The second-order valence-electron chi connectivity index (χ2n) is 3.17. The van der Waals surface area contributed by atoms with Crippen molar-refractivity contribution in [1.29, 1.82) is 0 Å². The molecule has 80 valence electrons. The molecule has 1 unspecified atom stereocenters. The Hall–Kier alpha value is -1.34. The van der Waals surface area contributed by atoms with Crippen molar-refractivity contribution >= 4 is 11.5 Å². The zero-order valence-electron chi connectivity index (χ0n) is 8.25. The van der Waals surface area contributed by atoms with Gasteiger partial charge < -0.3 is 10.3 Å². The maximum atomic E-state index is 5.79. The molecular formula is C8H11N5OS. The first-order valence-corrected chi connectivity index (χ1v) is 5.42. The van der Waals surface area contributed by atoms with E-state index in [2.05, 4.69) is 19.7 Å². The third kappa shape index (κ3) is 2.37. The third-order valence-electron chi connectivity index (χ3n) is 2.01. The van der Waals surface area contributed by atoms with Crippen molar-refractivity contribution in [3.63, 3.8) is 0 Å². The van der Waals surface area contributed by atoms with E-state index in [1.807, 2.05) is 6.92 Å². The SMILES string of the molecule is CCC(N)Cc1noc(-c2cnns2)n1. The highest BCUT2D eigenvalue weighted by Gasteiger charge is 2.12. The van der Waals surface area contributed by atoms with Gasteiger partial charge in [0, 0.05) is 12.5 Å². The van der Waals surface area contributed by atoms with Gasteiger partial charge in [0.1, 0.15) is 4.88 Å². The summed E-state index contributed by atoms with van der Waals surface area (Å²) in [6.45, 7) is 2.03. The summed E-state index contributed by atoms with van der Waals surface area (Å²) in [5, 5.41) is 7.55. The Morgan fingerprint density at radius 3 is 3.13 bits per heavy atom. The van der Waals surface area contributed by atoms with Crippen molar-refractivity contribution in [2.24, 2.45) is 5.73 Å². The first-order chi connectivity index (χ1) is 7.29. The van der Waals surface area contributed by atoms with E-state index in [1.54, 1.807) is 6.20 Å². The quantitative estimate of drug-likeness (QED) is 0.830. The molecule has 2 rings (SSSR count). The summed E-state index contributed by atoms with van der Waals surface area (Å²) in [6.07, 6.45) is 3.12. The zero-order valence-corrected chi connectivity index (χ0v) is 9.07. The lowest BCUT2D eigenvalue weighted by molar-refractivity contribution is 0.420. The Morgan fingerprint density at radius 1 is 1.60 bits per heavy atom. The van der Waals surface area contributed by atoms with Crippen LogP contribution in [0.2, 0.25) is 0 Å². The standard InChI is InChI=1S/C8H11N5OS/c1-2-5(9)3-7-11-8(14-12-7)6-4-10-13-15-6/h4-5H,2-3,9H2,1H3. The van der Waals surface area contributed by atoms with Crippen LogP contribution in [0.5, 0.6) is 0 Å². The van der Waals surface area contributed by atoms with E-state index in [0.29, 0.717) is 18.1 Å². The Balaban J connectivity index is 2.11. The fourth-order valence-corrected chi connectivity index (χ4v) is 1.51. The molecule has 2 heterocycles. The molecule has 0 bridgehead atoms. The van der Waals surface area contributed by atoms with Crippen molar-refractivity contribution in [1.82, 2.24) is 19.7 Å². The summed E-state index contributed by atoms with van der Waals surface area (Å²) in [6, 6.07) is 0.0787. The van der Waals surface area contributed by atoms with Gasteiger partial charge in [-0.15, -0.1) is 5.10 Å². The van der Waals surface area contributed by atoms with Gasteiger partial charge in [0.15, 0.2) is 5.82 Å². The summed E-state index contributed by atoms with van der Waals surface area (Å²) in [5.74, 6) is 1.09. The number of hydrogen-bond acceptors (Lipinski definition) is 7. The molecule has 1 atom stereocenters. The van der Waals surface area contributed by atoms with Crippen LogP contribution in [0, 0.1) is 0 Å². The van der Waals surface area contributed by atoms with Gasteiger partial charge in [-0.25, -0.2) is 0 Å². The number of nitrogens with zero attached hydrogens (tertiary/aromatic N) is 4. The van der Waals surface area contributed by atoms with Gasteiger partial charge in [-0.3, -0.25) is 0 Å². The van der Waals surface area contributed by atoms with E-state index in [-0.39, 0.29) is 6.04 Å². The summed E-state index contributed by atoms with van der Waals surface area (Å²) in [5.41, 5.74) is 5.79. The van der Waals surface area contributed by atoms with Crippen molar-refractivity contribution in [3.8, 4) is 10.8 Å². The molecule has 0 aliphatic rings. The largest absolute Gasteiger partial charge is 0.333 e. The summed E-state index contributed by atoms with van der Waals surface area (Å²) in [4.78, 5) is 4.99. The predicted octanol–water partition coefficient (Wildman–Crippen LogP) is 0.868. The molecule has 2 aromatic rings. The van der Waals surface area contributed by atoms with Crippen LogP contribution in [0.25, 0.3) is 10.8 Å². The van der Waals surface area contributed by atoms with E-state index < -0.39 is 0 Å². The number of hydrogen-bond donors (Lipinski definition) is 1. The lowest BCUT2D eigenvalue weighted by atomic mass is 10.2. The van der Waals surface area contributed by atoms with Gasteiger partial charge in [-0.05, 0) is 18.0 Å². The minimum atomic E-state index is 0.0787. The topological polar surface area (TPSA) is 90.7 Å². The Bertz CT molecular complexity index is 412. The lowest BCUT2D eigenvalue weighted by Gasteiger charge is -2.02. The second-order valence-corrected chi connectivity index (χ2v) is 3.96. The van der Waals surface area contributed by atoms with Crippen LogP contribution in [-0.4, -0.2) is 25.8 Å². The molecule has 0 aliphatic heterocycles. The average molecular weight is 225 g/mol. The number of aromatic nitrogens is 4. The Morgan fingerprint density at radius 2 is 2.47 bits per heavy atom. The van der Waals surface area contributed by atoms with Crippen molar-refractivity contribution < 1.29 is 4.52 Å².